The molecule has 6 nitrogen and oxygen atoms in total. The zero-order chi connectivity index (χ0) is 17.2. The van der Waals surface area contributed by atoms with Crippen molar-refractivity contribution in [3.05, 3.63) is 94.5 Å². The Morgan fingerprint density at radius 1 is 1.08 bits per heavy atom. The predicted molar refractivity (Wildman–Crippen MR) is 93.0 cm³/mol. The van der Waals surface area contributed by atoms with Crippen LogP contribution in [-0.4, -0.2) is 11.0 Å². The number of carbonyl (C=O) groups is 1. The number of rotatable bonds is 4. The van der Waals surface area contributed by atoms with Gasteiger partial charge in [-0.1, -0.05) is 0 Å². The summed E-state index contributed by atoms with van der Waals surface area (Å²) in [7, 11) is 0. The molecule has 0 saturated heterocycles. The van der Waals surface area contributed by atoms with Crippen LogP contribution in [0.5, 0.6) is 0 Å². The Labute approximate surface area is 156 Å². The maximum absolute atomic E-state index is 11.6. The van der Waals surface area contributed by atoms with Crippen LogP contribution in [0.25, 0.3) is 0 Å². The van der Waals surface area contributed by atoms with E-state index in [-0.39, 0.29) is 28.8 Å². The Kier molecular flexibility index (Phi) is 8.71. The van der Waals surface area contributed by atoms with Crippen molar-refractivity contribution in [2.75, 3.05) is 5.32 Å². The van der Waals surface area contributed by atoms with Gasteiger partial charge in [-0.15, -0.1) is 5.56 Å². The number of hydrogen-bond acceptors (Lipinski definition) is 3. The van der Waals surface area contributed by atoms with Crippen molar-refractivity contribution in [2.45, 2.75) is 6.54 Å². The van der Waals surface area contributed by atoms with E-state index in [2.05, 4.69) is 10.6 Å². The summed E-state index contributed by atoms with van der Waals surface area (Å²) in [6.07, 6.45) is 0. The molecule has 3 aromatic carbocycles. The van der Waals surface area contributed by atoms with Gasteiger partial charge in [-0.2, -0.15) is 30.3 Å². The molecule has 0 aliphatic rings. The maximum atomic E-state index is 11.6. The van der Waals surface area contributed by atoms with Crippen LogP contribution >= 0.6 is 0 Å². The molecule has 7 heteroatoms. The molecule has 0 radical (unpaired) electrons. The van der Waals surface area contributed by atoms with Crippen LogP contribution in [-0.2, 0) is 23.6 Å². The van der Waals surface area contributed by atoms with E-state index in [9.17, 15) is 14.9 Å². The zero-order valence-corrected chi connectivity index (χ0v) is 14.3. The average molecular weight is 379 g/mol. The number of amides is 2. The predicted octanol–water partition coefficient (Wildman–Crippen LogP) is 4.04. The monoisotopic (exact) mass is 379 g/mol. The van der Waals surface area contributed by atoms with Crippen molar-refractivity contribution >= 4 is 17.4 Å². The molecule has 2 N–H and O–H groups in total. The minimum Gasteiger partial charge on any atom is -0.345 e. The number of non-ortho nitro benzene ring substituents is 1. The summed E-state index contributed by atoms with van der Waals surface area (Å²) in [5, 5.41) is 15.8. The van der Waals surface area contributed by atoms with Crippen LogP contribution in [0.15, 0.2) is 78.9 Å². The van der Waals surface area contributed by atoms with Crippen LogP contribution < -0.4 is 10.6 Å². The molecule has 0 fully saturated rings. The molecule has 0 aliphatic heterocycles. The third-order valence-electron chi connectivity index (χ3n) is 3.08. The standard InChI is InChI=1S/C13H12N3O3.C5H5.Fe/c17-13(14-9-10-3-1-2-4-10)15-11-5-7-12(8-6-11)16(18)19;1-2-4-5-3-1;/h1-8H,9H2,(H2,14,15,17);1-5H;/q2*-1;+2. The van der Waals surface area contributed by atoms with Crippen LogP contribution in [0.2, 0.25) is 0 Å². The van der Waals surface area contributed by atoms with Gasteiger partial charge < -0.3 is 10.6 Å². The third kappa shape index (κ3) is 7.48. The van der Waals surface area contributed by atoms with Gasteiger partial charge >= 0.3 is 23.1 Å². The van der Waals surface area contributed by atoms with Gasteiger partial charge in [0.05, 0.1) is 4.92 Å². The minimum atomic E-state index is -0.487. The summed E-state index contributed by atoms with van der Waals surface area (Å²) in [5.74, 6) is 0. The molecule has 25 heavy (non-hydrogen) atoms. The molecule has 3 rings (SSSR count). The van der Waals surface area contributed by atoms with Crippen molar-refractivity contribution in [1.82, 2.24) is 5.32 Å². The molecule has 0 heterocycles. The van der Waals surface area contributed by atoms with Gasteiger partial charge in [0.2, 0.25) is 0 Å². The summed E-state index contributed by atoms with van der Waals surface area (Å²) >= 11 is 0. The molecule has 0 atom stereocenters. The molecule has 0 aliphatic carbocycles. The minimum absolute atomic E-state index is 0. The maximum Gasteiger partial charge on any atom is 2.00 e. The number of anilines is 1. The van der Waals surface area contributed by atoms with Crippen LogP contribution in [0, 0.1) is 10.1 Å². The van der Waals surface area contributed by atoms with E-state index >= 15 is 0 Å². The van der Waals surface area contributed by atoms with Crippen molar-refractivity contribution < 1.29 is 26.8 Å². The second-order valence-electron chi connectivity index (χ2n) is 4.87. The van der Waals surface area contributed by atoms with Crippen LogP contribution in [0.3, 0.4) is 0 Å². The van der Waals surface area contributed by atoms with Crippen molar-refractivity contribution in [1.29, 1.82) is 0 Å². The number of carbonyl (C=O) groups excluding carboxylic acids is 1. The number of hydrogen-bond donors (Lipinski definition) is 2. The van der Waals surface area contributed by atoms with Crippen molar-refractivity contribution in [3.63, 3.8) is 0 Å². The first-order valence-electron chi connectivity index (χ1n) is 7.32. The molecule has 0 saturated carbocycles. The molecule has 0 spiro atoms. The van der Waals surface area contributed by atoms with E-state index in [1.807, 2.05) is 54.6 Å². The third-order valence-corrected chi connectivity index (χ3v) is 3.08. The van der Waals surface area contributed by atoms with E-state index in [4.69, 9.17) is 0 Å². The molecule has 0 unspecified atom stereocenters. The number of urea groups is 1. The SMILES string of the molecule is O=C(NC[c-]1cccc1)Nc1ccc([N+](=O)[O-])cc1.[Fe+2].c1cc[cH-]c1. The Morgan fingerprint density at radius 2 is 1.68 bits per heavy atom. The molecule has 3 aromatic rings. The summed E-state index contributed by atoms with van der Waals surface area (Å²) in [6.45, 7) is 0.436. The summed E-state index contributed by atoms with van der Waals surface area (Å²) in [4.78, 5) is 21.6. The Balaban J connectivity index is 0.000000448. The summed E-state index contributed by atoms with van der Waals surface area (Å²) in [5.41, 5.74) is 1.51. The molecule has 0 aromatic heterocycles. The number of nitrogens with one attached hydrogen (secondary N) is 2. The summed E-state index contributed by atoms with van der Waals surface area (Å²) in [6, 6.07) is 22.9. The van der Waals surface area contributed by atoms with Gasteiger partial charge in [0.1, 0.15) is 0 Å². The van der Waals surface area contributed by atoms with E-state index < -0.39 is 4.92 Å². The Morgan fingerprint density at radius 3 is 2.16 bits per heavy atom. The normalized spacial score (nSPS) is 9.12. The van der Waals surface area contributed by atoms with Gasteiger partial charge in [-0.05, 0) is 18.7 Å². The second-order valence-corrected chi connectivity index (χ2v) is 4.87. The Bertz CT molecular complexity index is 721. The molecular weight excluding hydrogens is 362 g/mol. The van der Waals surface area contributed by atoms with E-state index in [0.717, 1.165) is 5.56 Å². The molecule has 130 valence electrons. The fraction of sp³-hybridized carbons (Fsp3) is 0.0556. The molecule has 0 bridgehead atoms. The fourth-order valence-electron chi connectivity index (χ4n) is 1.88. The van der Waals surface area contributed by atoms with E-state index in [0.29, 0.717) is 12.2 Å². The quantitative estimate of drug-likeness (QED) is 0.311. The van der Waals surface area contributed by atoms with Gasteiger partial charge in [0.25, 0.3) is 5.69 Å². The largest absolute Gasteiger partial charge is 2.00 e. The first-order chi connectivity index (χ1) is 11.6. The average Bonchev–Trinajstić information content (AvgIpc) is 3.29. The fourth-order valence-corrected chi connectivity index (χ4v) is 1.88. The topological polar surface area (TPSA) is 84.3 Å². The van der Waals surface area contributed by atoms with E-state index in [1.165, 1.54) is 24.3 Å². The van der Waals surface area contributed by atoms with Gasteiger partial charge in [-0.25, -0.2) is 29.1 Å². The Hall–Kier alpha value is -2.89. The van der Waals surface area contributed by atoms with Gasteiger partial charge in [-0.3, -0.25) is 10.1 Å². The molecular formula is C18H17FeN3O3. The van der Waals surface area contributed by atoms with Gasteiger partial charge in [0.15, 0.2) is 0 Å². The number of nitro groups is 1. The van der Waals surface area contributed by atoms with Crippen molar-refractivity contribution in [3.8, 4) is 0 Å². The van der Waals surface area contributed by atoms with E-state index in [1.54, 1.807) is 0 Å². The van der Waals surface area contributed by atoms with Gasteiger partial charge in [0, 0.05) is 17.8 Å². The second kappa shape index (κ2) is 10.8. The number of nitrogens with zero attached hydrogens (tertiary/aromatic N) is 1. The first kappa shape index (κ1) is 20.2. The smallest absolute Gasteiger partial charge is 0.345 e. The van der Waals surface area contributed by atoms with Crippen LogP contribution in [0.4, 0.5) is 16.2 Å². The number of benzene rings is 1. The summed E-state index contributed by atoms with van der Waals surface area (Å²) < 4.78 is 0. The number of nitro benzene ring substituents is 1. The zero-order valence-electron chi connectivity index (χ0n) is 13.2. The molecule has 2 amide bonds. The van der Waals surface area contributed by atoms with Crippen LogP contribution in [0.1, 0.15) is 5.56 Å². The first-order valence-corrected chi connectivity index (χ1v) is 7.32. The van der Waals surface area contributed by atoms with Crippen molar-refractivity contribution in [2.24, 2.45) is 0 Å².